The SMILES string of the molecule is CN(C)C(=O)N(CCNC(=O)c1ccncc1)C1CCOCC1. The molecule has 1 aromatic heterocycles. The van der Waals surface area contributed by atoms with Crippen molar-refractivity contribution in [3.05, 3.63) is 30.1 Å². The minimum Gasteiger partial charge on any atom is -0.381 e. The molecule has 23 heavy (non-hydrogen) atoms. The molecule has 3 amide bonds. The molecule has 126 valence electrons. The molecule has 2 rings (SSSR count). The number of ether oxygens (including phenoxy) is 1. The highest BCUT2D eigenvalue weighted by Crippen LogP contribution is 2.15. The fourth-order valence-corrected chi connectivity index (χ4v) is 2.58. The van der Waals surface area contributed by atoms with Gasteiger partial charge in [0.1, 0.15) is 0 Å². The standard InChI is InChI=1S/C16H24N4O3/c1-19(2)16(22)20(14-5-11-23-12-6-14)10-9-18-15(21)13-3-7-17-8-4-13/h3-4,7-8,14H,5-6,9-12H2,1-2H3,(H,18,21). The molecule has 0 aromatic carbocycles. The van der Waals surface area contributed by atoms with Crippen LogP contribution in [0.2, 0.25) is 0 Å². The van der Waals surface area contributed by atoms with E-state index in [0.29, 0.717) is 31.9 Å². The lowest BCUT2D eigenvalue weighted by Crippen LogP contribution is -2.50. The van der Waals surface area contributed by atoms with Gasteiger partial charge in [0.05, 0.1) is 0 Å². The summed E-state index contributed by atoms with van der Waals surface area (Å²) in [5, 5.41) is 2.85. The number of pyridine rings is 1. The van der Waals surface area contributed by atoms with Crippen molar-refractivity contribution in [1.29, 1.82) is 0 Å². The molecule has 0 radical (unpaired) electrons. The molecule has 2 heterocycles. The van der Waals surface area contributed by atoms with Crippen molar-refractivity contribution < 1.29 is 14.3 Å². The molecule has 0 unspecified atom stereocenters. The number of carbonyl (C=O) groups excluding carboxylic acids is 2. The minimum atomic E-state index is -0.156. The van der Waals surface area contributed by atoms with Crippen molar-refractivity contribution in [2.75, 3.05) is 40.4 Å². The van der Waals surface area contributed by atoms with Crippen LogP contribution in [0.4, 0.5) is 4.79 Å². The largest absolute Gasteiger partial charge is 0.381 e. The van der Waals surface area contributed by atoms with Gasteiger partial charge in [-0.25, -0.2) is 4.79 Å². The highest BCUT2D eigenvalue weighted by atomic mass is 16.5. The van der Waals surface area contributed by atoms with Crippen molar-refractivity contribution in [2.24, 2.45) is 0 Å². The van der Waals surface area contributed by atoms with Crippen LogP contribution in [0.15, 0.2) is 24.5 Å². The molecule has 0 saturated carbocycles. The topological polar surface area (TPSA) is 74.8 Å². The Morgan fingerprint density at radius 3 is 2.52 bits per heavy atom. The summed E-state index contributed by atoms with van der Waals surface area (Å²) < 4.78 is 5.36. The number of hydrogen-bond acceptors (Lipinski definition) is 4. The summed E-state index contributed by atoms with van der Waals surface area (Å²) in [6.45, 7) is 2.24. The Morgan fingerprint density at radius 2 is 1.91 bits per heavy atom. The van der Waals surface area contributed by atoms with Gasteiger partial charge >= 0.3 is 6.03 Å². The predicted molar refractivity (Wildman–Crippen MR) is 86.2 cm³/mol. The van der Waals surface area contributed by atoms with Crippen LogP contribution in [0.1, 0.15) is 23.2 Å². The zero-order valence-corrected chi connectivity index (χ0v) is 13.7. The van der Waals surface area contributed by atoms with Crippen LogP contribution < -0.4 is 5.32 Å². The minimum absolute atomic E-state index is 0.0324. The average Bonchev–Trinajstić information content (AvgIpc) is 2.59. The Hall–Kier alpha value is -2.15. The van der Waals surface area contributed by atoms with E-state index in [9.17, 15) is 9.59 Å². The fraction of sp³-hybridized carbons (Fsp3) is 0.562. The second kappa shape index (κ2) is 8.47. The number of amides is 3. The predicted octanol–water partition coefficient (Wildman–Crippen LogP) is 0.974. The van der Waals surface area contributed by atoms with Gasteiger partial charge in [-0.05, 0) is 25.0 Å². The molecule has 7 nitrogen and oxygen atoms in total. The molecule has 1 aliphatic rings. The number of aromatic nitrogens is 1. The summed E-state index contributed by atoms with van der Waals surface area (Å²) >= 11 is 0. The third-order valence-electron chi connectivity index (χ3n) is 3.84. The van der Waals surface area contributed by atoms with E-state index in [1.165, 1.54) is 0 Å². The third kappa shape index (κ3) is 4.92. The van der Waals surface area contributed by atoms with Crippen LogP contribution in [-0.4, -0.2) is 73.2 Å². The number of nitrogens with zero attached hydrogens (tertiary/aromatic N) is 3. The summed E-state index contributed by atoms with van der Waals surface area (Å²) in [4.78, 5) is 31.7. The van der Waals surface area contributed by atoms with Gasteiger partial charge in [-0.1, -0.05) is 0 Å². The number of urea groups is 1. The molecule has 0 aliphatic carbocycles. The van der Waals surface area contributed by atoms with Gasteiger partial charge in [0, 0.05) is 64.4 Å². The molecule has 0 spiro atoms. The lowest BCUT2D eigenvalue weighted by Gasteiger charge is -2.36. The van der Waals surface area contributed by atoms with Gasteiger partial charge in [-0.3, -0.25) is 9.78 Å². The summed E-state index contributed by atoms with van der Waals surface area (Å²) in [5.41, 5.74) is 0.566. The quantitative estimate of drug-likeness (QED) is 0.877. The maximum atomic E-state index is 12.4. The van der Waals surface area contributed by atoms with E-state index in [0.717, 1.165) is 12.8 Å². The van der Waals surface area contributed by atoms with Crippen LogP contribution in [0.3, 0.4) is 0 Å². The summed E-state index contributed by atoms with van der Waals surface area (Å²) in [6.07, 6.45) is 4.83. The van der Waals surface area contributed by atoms with Crippen molar-refractivity contribution in [3.8, 4) is 0 Å². The molecule has 1 saturated heterocycles. The van der Waals surface area contributed by atoms with Gasteiger partial charge in [0.25, 0.3) is 5.91 Å². The van der Waals surface area contributed by atoms with Crippen LogP contribution in [0.25, 0.3) is 0 Å². The maximum absolute atomic E-state index is 12.4. The Bertz CT molecular complexity index is 515. The second-order valence-corrected chi connectivity index (χ2v) is 5.71. The van der Waals surface area contributed by atoms with Crippen LogP contribution in [-0.2, 0) is 4.74 Å². The lowest BCUT2D eigenvalue weighted by atomic mass is 10.1. The first kappa shape index (κ1) is 17.2. The van der Waals surface area contributed by atoms with Crippen molar-refractivity contribution in [3.63, 3.8) is 0 Å². The first-order valence-corrected chi connectivity index (χ1v) is 7.83. The molecule has 7 heteroatoms. The van der Waals surface area contributed by atoms with Gasteiger partial charge in [0.2, 0.25) is 0 Å². The highest BCUT2D eigenvalue weighted by molar-refractivity contribution is 5.93. The Labute approximate surface area is 136 Å². The van der Waals surface area contributed by atoms with E-state index in [1.807, 2.05) is 4.90 Å². The fourth-order valence-electron chi connectivity index (χ4n) is 2.58. The Morgan fingerprint density at radius 1 is 1.26 bits per heavy atom. The first-order valence-electron chi connectivity index (χ1n) is 7.83. The Kier molecular flexibility index (Phi) is 6.34. The summed E-state index contributed by atoms with van der Waals surface area (Å²) in [5.74, 6) is -0.156. The van der Waals surface area contributed by atoms with Gasteiger partial charge < -0.3 is 19.9 Å². The maximum Gasteiger partial charge on any atom is 0.319 e. The molecular weight excluding hydrogens is 296 g/mol. The van der Waals surface area contributed by atoms with E-state index in [4.69, 9.17) is 4.74 Å². The number of carbonyl (C=O) groups is 2. The summed E-state index contributed by atoms with van der Waals surface area (Å²) in [7, 11) is 3.48. The number of nitrogens with one attached hydrogen (secondary N) is 1. The first-order chi connectivity index (χ1) is 11.1. The monoisotopic (exact) mass is 320 g/mol. The van der Waals surface area contributed by atoms with Gasteiger partial charge in [-0.15, -0.1) is 0 Å². The highest BCUT2D eigenvalue weighted by Gasteiger charge is 2.26. The zero-order chi connectivity index (χ0) is 16.7. The molecular formula is C16H24N4O3. The average molecular weight is 320 g/mol. The van der Waals surface area contributed by atoms with Crippen molar-refractivity contribution in [1.82, 2.24) is 20.1 Å². The normalized spacial score (nSPS) is 15.0. The zero-order valence-electron chi connectivity index (χ0n) is 13.7. The van der Waals surface area contributed by atoms with E-state index >= 15 is 0 Å². The Balaban J connectivity index is 1.90. The van der Waals surface area contributed by atoms with E-state index < -0.39 is 0 Å². The van der Waals surface area contributed by atoms with Crippen molar-refractivity contribution >= 4 is 11.9 Å². The second-order valence-electron chi connectivity index (χ2n) is 5.71. The van der Waals surface area contributed by atoms with E-state index in [2.05, 4.69) is 10.3 Å². The third-order valence-corrected chi connectivity index (χ3v) is 3.84. The van der Waals surface area contributed by atoms with Crippen molar-refractivity contribution in [2.45, 2.75) is 18.9 Å². The smallest absolute Gasteiger partial charge is 0.319 e. The van der Waals surface area contributed by atoms with E-state index in [-0.39, 0.29) is 18.0 Å². The number of rotatable bonds is 5. The molecule has 0 bridgehead atoms. The molecule has 1 aliphatic heterocycles. The molecule has 1 fully saturated rings. The van der Waals surface area contributed by atoms with Gasteiger partial charge in [-0.2, -0.15) is 0 Å². The van der Waals surface area contributed by atoms with Crippen LogP contribution in [0.5, 0.6) is 0 Å². The number of hydrogen-bond donors (Lipinski definition) is 1. The lowest BCUT2D eigenvalue weighted by molar-refractivity contribution is 0.0415. The van der Waals surface area contributed by atoms with Gasteiger partial charge in [0.15, 0.2) is 0 Å². The molecule has 1 N–H and O–H groups in total. The van der Waals surface area contributed by atoms with Crippen LogP contribution in [0, 0.1) is 0 Å². The molecule has 1 aromatic rings. The van der Waals surface area contributed by atoms with E-state index in [1.54, 1.807) is 43.5 Å². The summed E-state index contributed by atoms with van der Waals surface area (Å²) in [6, 6.07) is 3.46. The van der Waals surface area contributed by atoms with Crippen LogP contribution >= 0.6 is 0 Å². The molecule has 0 atom stereocenters.